The molecule has 0 bridgehead atoms. The van der Waals surface area contributed by atoms with Crippen molar-refractivity contribution in [1.29, 1.82) is 0 Å². The quantitative estimate of drug-likeness (QED) is 0.551. The highest BCUT2D eigenvalue weighted by atomic mass is 16.5. The summed E-state index contributed by atoms with van der Waals surface area (Å²) >= 11 is 0. The Balaban J connectivity index is 2.26. The third kappa shape index (κ3) is 4.10. The van der Waals surface area contributed by atoms with Crippen molar-refractivity contribution in [2.24, 2.45) is 0 Å². The molecule has 1 N–H and O–H groups in total. The molecule has 1 aromatic carbocycles. The highest BCUT2D eigenvalue weighted by molar-refractivity contribution is 5.43. The first-order valence-electron chi connectivity index (χ1n) is 4.83. The van der Waals surface area contributed by atoms with Crippen molar-refractivity contribution in [2.75, 3.05) is 18.5 Å². The standard InChI is InChI=1S/C12H17NO/c1-3-9-14-10-11(2)13-12-7-5-4-6-8-12/h3-8,11,13H,1,9-10H2,2H3/t11-/m0/s1. The number of ether oxygens (including phenoxy) is 1. The first kappa shape index (κ1) is 10.8. The van der Waals surface area contributed by atoms with Crippen LogP contribution >= 0.6 is 0 Å². The van der Waals surface area contributed by atoms with E-state index in [-0.39, 0.29) is 0 Å². The summed E-state index contributed by atoms with van der Waals surface area (Å²) in [6, 6.07) is 10.4. The van der Waals surface area contributed by atoms with Gasteiger partial charge in [0.1, 0.15) is 0 Å². The normalized spacial score (nSPS) is 12.1. The van der Waals surface area contributed by atoms with Gasteiger partial charge in [-0.3, -0.25) is 0 Å². The maximum absolute atomic E-state index is 5.34. The van der Waals surface area contributed by atoms with Crippen molar-refractivity contribution in [3.63, 3.8) is 0 Å². The zero-order chi connectivity index (χ0) is 10.2. The number of rotatable bonds is 6. The molecule has 2 heteroatoms. The molecule has 0 aliphatic rings. The van der Waals surface area contributed by atoms with Gasteiger partial charge >= 0.3 is 0 Å². The predicted molar refractivity (Wildman–Crippen MR) is 60.5 cm³/mol. The molecule has 0 radical (unpaired) electrons. The van der Waals surface area contributed by atoms with Crippen LogP contribution in [0.15, 0.2) is 43.0 Å². The Labute approximate surface area is 85.6 Å². The Hall–Kier alpha value is -1.28. The van der Waals surface area contributed by atoms with Crippen molar-refractivity contribution in [2.45, 2.75) is 13.0 Å². The number of hydrogen-bond donors (Lipinski definition) is 1. The van der Waals surface area contributed by atoms with E-state index in [0.29, 0.717) is 19.3 Å². The summed E-state index contributed by atoms with van der Waals surface area (Å²) in [6.07, 6.45) is 1.76. The van der Waals surface area contributed by atoms with E-state index in [9.17, 15) is 0 Å². The zero-order valence-corrected chi connectivity index (χ0v) is 8.57. The summed E-state index contributed by atoms with van der Waals surface area (Å²) < 4.78 is 5.34. The van der Waals surface area contributed by atoms with Crippen LogP contribution in [0.2, 0.25) is 0 Å². The van der Waals surface area contributed by atoms with Crippen molar-refractivity contribution < 1.29 is 4.74 Å². The van der Waals surface area contributed by atoms with Crippen LogP contribution in [0.3, 0.4) is 0 Å². The van der Waals surface area contributed by atoms with Gasteiger partial charge in [0, 0.05) is 11.7 Å². The lowest BCUT2D eigenvalue weighted by molar-refractivity contribution is 0.156. The second-order valence-corrected chi connectivity index (χ2v) is 3.24. The molecule has 0 fully saturated rings. The number of anilines is 1. The topological polar surface area (TPSA) is 21.3 Å². The summed E-state index contributed by atoms with van der Waals surface area (Å²) in [5, 5.41) is 3.34. The molecule has 1 rings (SSSR count). The fourth-order valence-corrected chi connectivity index (χ4v) is 1.19. The monoisotopic (exact) mass is 191 g/mol. The molecule has 1 aromatic rings. The third-order valence-corrected chi connectivity index (χ3v) is 1.79. The summed E-state index contributed by atoms with van der Waals surface area (Å²) in [4.78, 5) is 0. The molecule has 0 heterocycles. The van der Waals surface area contributed by atoms with Crippen molar-refractivity contribution in [3.8, 4) is 0 Å². The molecule has 0 saturated carbocycles. The molecule has 14 heavy (non-hydrogen) atoms. The number of benzene rings is 1. The van der Waals surface area contributed by atoms with Crippen LogP contribution in [0, 0.1) is 0 Å². The Morgan fingerprint density at radius 2 is 2.14 bits per heavy atom. The highest BCUT2D eigenvalue weighted by Crippen LogP contribution is 2.06. The van der Waals surface area contributed by atoms with Gasteiger partial charge in [0.15, 0.2) is 0 Å². The van der Waals surface area contributed by atoms with Gasteiger partial charge in [-0.15, -0.1) is 6.58 Å². The van der Waals surface area contributed by atoms with E-state index in [2.05, 4.69) is 18.8 Å². The molecule has 0 aliphatic heterocycles. The summed E-state index contributed by atoms with van der Waals surface area (Å²) in [7, 11) is 0. The van der Waals surface area contributed by atoms with Gasteiger partial charge in [-0.1, -0.05) is 24.3 Å². The average Bonchev–Trinajstić information content (AvgIpc) is 2.20. The molecular formula is C12H17NO. The minimum Gasteiger partial charge on any atom is -0.380 e. The predicted octanol–water partition coefficient (Wildman–Crippen LogP) is 2.69. The van der Waals surface area contributed by atoms with Gasteiger partial charge in [-0.05, 0) is 19.1 Å². The maximum Gasteiger partial charge on any atom is 0.0669 e. The van der Waals surface area contributed by atoms with Crippen LogP contribution in [-0.2, 0) is 4.74 Å². The first-order chi connectivity index (χ1) is 6.83. The van der Waals surface area contributed by atoms with E-state index >= 15 is 0 Å². The molecule has 1 atom stereocenters. The van der Waals surface area contributed by atoms with Gasteiger partial charge < -0.3 is 10.1 Å². The SMILES string of the molecule is C=CCOC[C@H](C)Nc1ccccc1. The van der Waals surface area contributed by atoms with E-state index in [4.69, 9.17) is 4.74 Å². The molecule has 0 aliphatic carbocycles. The van der Waals surface area contributed by atoms with Gasteiger partial charge in [-0.2, -0.15) is 0 Å². The second-order valence-electron chi connectivity index (χ2n) is 3.24. The fraction of sp³-hybridized carbons (Fsp3) is 0.333. The van der Waals surface area contributed by atoms with Gasteiger partial charge in [0.25, 0.3) is 0 Å². The highest BCUT2D eigenvalue weighted by Gasteiger charge is 2.00. The van der Waals surface area contributed by atoms with Crippen molar-refractivity contribution in [3.05, 3.63) is 43.0 Å². The van der Waals surface area contributed by atoms with Crippen LogP contribution in [0.5, 0.6) is 0 Å². The van der Waals surface area contributed by atoms with E-state index in [0.717, 1.165) is 5.69 Å². The third-order valence-electron chi connectivity index (χ3n) is 1.79. The summed E-state index contributed by atoms with van der Waals surface area (Å²) in [5.74, 6) is 0. The van der Waals surface area contributed by atoms with Crippen LogP contribution in [0.4, 0.5) is 5.69 Å². The average molecular weight is 191 g/mol. The number of hydrogen-bond acceptors (Lipinski definition) is 2. The Morgan fingerprint density at radius 1 is 1.43 bits per heavy atom. The molecular weight excluding hydrogens is 174 g/mol. The van der Waals surface area contributed by atoms with E-state index in [1.54, 1.807) is 6.08 Å². The van der Waals surface area contributed by atoms with E-state index < -0.39 is 0 Å². The van der Waals surface area contributed by atoms with E-state index in [1.165, 1.54) is 0 Å². The number of nitrogens with one attached hydrogen (secondary N) is 1. The molecule has 0 spiro atoms. The van der Waals surface area contributed by atoms with Gasteiger partial charge in [0.2, 0.25) is 0 Å². The fourth-order valence-electron chi connectivity index (χ4n) is 1.19. The molecule has 0 saturated heterocycles. The minimum atomic E-state index is 0.317. The van der Waals surface area contributed by atoms with Gasteiger partial charge in [0.05, 0.1) is 13.2 Å². The first-order valence-corrected chi connectivity index (χ1v) is 4.83. The summed E-state index contributed by atoms with van der Waals surface area (Å²) in [5.41, 5.74) is 1.13. The molecule has 2 nitrogen and oxygen atoms in total. The smallest absolute Gasteiger partial charge is 0.0669 e. The minimum absolute atomic E-state index is 0.317. The lowest BCUT2D eigenvalue weighted by atomic mass is 10.3. The lowest BCUT2D eigenvalue weighted by Crippen LogP contribution is -2.21. The molecule has 0 unspecified atom stereocenters. The summed E-state index contributed by atoms with van der Waals surface area (Å²) in [6.45, 7) is 7.00. The second kappa shape index (κ2) is 6.22. The van der Waals surface area contributed by atoms with Crippen molar-refractivity contribution >= 4 is 5.69 Å². The van der Waals surface area contributed by atoms with Crippen LogP contribution in [0.1, 0.15) is 6.92 Å². The Kier molecular flexibility index (Phi) is 4.79. The van der Waals surface area contributed by atoms with E-state index in [1.807, 2.05) is 30.3 Å². The lowest BCUT2D eigenvalue weighted by Gasteiger charge is -2.14. The Bertz CT molecular complexity index is 258. The maximum atomic E-state index is 5.34. The molecule has 76 valence electrons. The zero-order valence-electron chi connectivity index (χ0n) is 8.57. The van der Waals surface area contributed by atoms with Crippen LogP contribution in [0.25, 0.3) is 0 Å². The van der Waals surface area contributed by atoms with Gasteiger partial charge in [-0.25, -0.2) is 0 Å². The molecule has 0 amide bonds. The van der Waals surface area contributed by atoms with Crippen LogP contribution < -0.4 is 5.32 Å². The van der Waals surface area contributed by atoms with Crippen molar-refractivity contribution in [1.82, 2.24) is 0 Å². The van der Waals surface area contributed by atoms with Crippen LogP contribution in [-0.4, -0.2) is 19.3 Å². The number of para-hydroxylation sites is 1. The Morgan fingerprint density at radius 3 is 2.79 bits per heavy atom. The molecule has 0 aromatic heterocycles. The largest absolute Gasteiger partial charge is 0.380 e.